The molecule has 0 bridgehead atoms. The Morgan fingerprint density at radius 2 is 1.88 bits per heavy atom. The molecule has 8 heteroatoms. The summed E-state index contributed by atoms with van der Waals surface area (Å²) in [6.07, 6.45) is 1.27. The van der Waals surface area contributed by atoms with Crippen LogP contribution in [0.4, 0.5) is 10.3 Å². The van der Waals surface area contributed by atoms with Gasteiger partial charge in [0.1, 0.15) is 11.6 Å². The fourth-order valence-electron chi connectivity index (χ4n) is 2.69. The molecule has 1 aromatic carbocycles. The molecule has 0 saturated heterocycles. The molecular weight excluding hydrogens is 378 g/mol. The molecule has 0 fully saturated rings. The molecule has 0 aliphatic carbocycles. The fraction of sp³-hybridized carbons (Fsp3) is 0.500. The molecule has 2 aromatic rings. The zero-order valence-corrected chi connectivity index (χ0v) is 16.5. The van der Waals surface area contributed by atoms with Crippen molar-refractivity contribution in [3.05, 3.63) is 45.7 Å². The number of nitrogens with zero attached hydrogens (tertiary/aromatic N) is 3. The zero-order chi connectivity index (χ0) is 19.3. The second-order valence-electron chi connectivity index (χ2n) is 6.78. The number of aliphatic hydroxyl groups is 1. The van der Waals surface area contributed by atoms with E-state index in [2.05, 4.69) is 34.1 Å². The summed E-state index contributed by atoms with van der Waals surface area (Å²) in [6, 6.07) is 4.49. The summed E-state index contributed by atoms with van der Waals surface area (Å²) >= 11 is 11.9. The number of aromatic nitrogens is 3. The third kappa shape index (κ3) is 6.04. The minimum Gasteiger partial charge on any atom is -0.394 e. The van der Waals surface area contributed by atoms with Gasteiger partial charge in [-0.25, -0.2) is 9.37 Å². The van der Waals surface area contributed by atoms with E-state index in [-0.39, 0.29) is 28.9 Å². The predicted octanol–water partition coefficient (Wildman–Crippen LogP) is 4.48. The third-order valence-corrected chi connectivity index (χ3v) is 4.42. The Kier molecular flexibility index (Phi) is 7.55. The van der Waals surface area contributed by atoms with Crippen LogP contribution < -0.4 is 5.32 Å². The second-order valence-corrected chi connectivity index (χ2v) is 7.52. The average molecular weight is 401 g/mol. The van der Waals surface area contributed by atoms with E-state index in [1.165, 1.54) is 6.07 Å². The van der Waals surface area contributed by atoms with Crippen LogP contribution in [0.1, 0.15) is 44.5 Å². The molecule has 0 radical (unpaired) electrons. The first kappa shape index (κ1) is 20.8. The highest BCUT2D eigenvalue weighted by atomic mass is 35.5. The van der Waals surface area contributed by atoms with Crippen molar-refractivity contribution in [3.63, 3.8) is 0 Å². The van der Waals surface area contributed by atoms with Crippen LogP contribution in [0.25, 0.3) is 0 Å². The van der Waals surface area contributed by atoms with Crippen LogP contribution >= 0.6 is 23.2 Å². The molecule has 0 aliphatic heterocycles. The number of hydrogen-bond donors (Lipinski definition) is 2. The first-order valence-electron chi connectivity index (χ1n) is 8.51. The quantitative estimate of drug-likeness (QED) is 0.683. The van der Waals surface area contributed by atoms with Crippen LogP contribution in [0.5, 0.6) is 0 Å². The summed E-state index contributed by atoms with van der Waals surface area (Å²) in [4.78, 5) is 12.7. The van der Waals surface area contributed by atoms with Crippen molar-refractivity contribution in [2.45, 2.75) is 45.6 Å². The monoisotopic (exact) mass is 400 g/mol. The molecule has 2 atom stereocenters. The van der Waals surface area contributed by atoms with Crippen molar-refractivity contribution in [1.82, 2.24) is 15.0 Å². The first-order valence-corrected chi connectivity index (χ1v) is 9.26. The largest absolute Gasteiger partial charge is 0.394 e. The van der Waals surface area contributed by atoms with Gasteiger partial charge in [-0.05, 0) is 47.6 Å². The summed E-state index contributed by atoms with van der Waals surface area (Å²) in [5, 5.41) is 12.8. The van der Waals surface area contributed by atoms with Crippen LogP contribution in [0.15, 0.2) is 18.2 Å². The maximum Gasteiger partial charge on any atom is 0.227 e. The lowest BCUT2D eigenvalue weighted by Gasteiger charge is -2.18. The van der Waals surface area contributed by atoms with Crippen molar-refractivity contribution in [2.75, 3.05) is 11.9 Å². The van der Waals surface area contributed by atoms with Gasteiger partial charge in [0.25, 0.3) is 0 Å². The van der Waals surface area contributed by atoms with E-state index in [0.29, 0.717) is 24.1 Å². The van der Waals surface area contributed by atoms with Gasteiger partial charge in [0.2, 0.25) is 11.2 Å². The van der Waals surface area contributed by atoms with Crippen LogP contribution in [0.2, 0.25) is 10.3 Å². The average Bonchev–Trinajstić information content (AvgIpc) is 2.55. The van der Waals surface area contributed by atoms with Gasteiger partial charge >= 0.3 is 0 Å². The summed E-state index contributed by atoms with van der Waals surface area (Å²) in [5.74, 6) is 0.839. The van der Waals surface area contributed by atoms with E-state index in [9.17, 15) is 9.50 Å². The zero-order valence-electron chi connectivity index (χ0n) is 15.0. The van der Waals surface area contributed by atoms with Gasteiger partial charge in [-0.15, -0.1) is 0 Å². The van der Waals surface area contributed by atoms with Crippen LogP contribution in [0, 0.1) is 11.7 Å². The SMILES string of the molecule is CC(C)C[C@H](CO)Nc1nc(Cl)nc(CC(C)c2ccc(F)c(Cl)c2)n1. The lowest BCUT2D eigenvalue weighted by molar-refractivity contribution is 0.259. The Labute approximate surface area is 163 Å². The van der Waals surface area contributed by atoms with E-state index in [0.717, 1.165) is 12.0 Å². The van der Waals surface area contributed by atoms with Gasteiger partial charge in [-0.1, -0.05) is 38.4 Å². The number of nitrogens with one attached hydrogen (secondary N) is 1. The van der Waals surface area contributed by atoms with Gasteiger partial charge in [0.15, 0.2) is 0 Å². The van der Waals surface area contributed by atoms with Crippen LogP contribution in [-0.2, 0) is 6.42 Å². The topological polar surface area (TPSA) is 70.9 Å². The highest BCUT2D eigenvalue weighted by Crippen LogP contribution is 2.24. The molecular formula is C18H23Cl2FN4O. The van der Waals surface area contributed by atoms with E-state index in [1.54, 1.807) is 12.1 Å². The van der Waals surface area contributed by atoms with E-state index in [1.807, 2.05) is 6.92 Å². The molecule has 0 saturated carbocycles. The van der Waals surface area contributed by atoms with Crippen molar-refractivity contribution < 1.29 is 9.50 Å². The molecule has 0 aliphatic rings. The molecule has 1 unspecified atom stereocenters. The Morgan fingerprint density at radius 3 is 2.50 bits per heavy atom. The predicted molar refractivity (Wildman–Crippen MR) is 102 cm³/mol. The Hall–Kier alpha value is -1.50. The number of benzene rings is 1. The Balaban J connectivity index is 2.14. The van der Waals surface area contributed by atoms with Gasteiger partial charge in [-0.3, -0.25) is 0 Å². The second kappa shape index (κ2) is 9.44. The molecule has 142 valence electrons. The first-order chi connectivity index (χ1) is 12.3. The molecule has 0 spiro atoms. The fourth-order valence-corrected chi connectivity index (χ4v) is 3.05. The summed E-state index contributed by atoms with van der Waals surface area (Å²) in [6.45, 7) is 6.10. The highest BCUT2D eigenvalue weighted by Gasteiger charge is 2.15. The standard InChI is InChI=1S/C18H23Cl2FN4O/c1-10(2)6-13(9-26)22-18-24-16(23-17(20)25-18)7-11(3)12-4-5-15(21)14(19)8-12/h4-5,8,10-11,13,26H,6-7,9H2,1-3H3,(H,22,23,24,25)/t11?,13-/m1/s1. The van der Waals surface area contributed by atoms with Crippen molar-refractivity contribution in [2.24, 2.45) is 5.92 Å². The lowest BCUT2D eigenvalue weighted by Crippen LogP contribution is -2.27. The Bertz CT molecular complexity index is 745. The van der Waals surface area contributed by atoms with Crippen LogP contribution in [0.3, 0.4) is 0 Å². The summed E-state index contributed by atoms with van der Waals surface area (Å²) < 4.78 is 13.3. The number of hydrogen-bond acceptors (Lipinski definition) is 5. The van der Waals surface area contributed by atoms with Gasteiger partial charge in [0, 0.05) is 6.42 Å². The summed E-state index contributed by atoms with van der Waals surface area (Å²) in [7, 11) is 0. The van der Waals surface area contributed by atoms with E-state index < -0.39 is 5.82 Å². The van der Waals surface area contributed by atoms with Crippen molar-refractivity contribution in [3.8, 4) is 0 Å². The van der Waals surface area contributed by atoms with Gasteiger partial charge < -0.3 is 10.4 Å². The molecule has 0 amide bonds. The van der Waals surface area contributed by atoms with Crippen molar-refractivity contribution >= 4 is 29.2 Å². The molecule has 5 nitrogen and oxygen atoms in total. The number of aliphatic hydroxyl groups excluding tert-OH is 1. The molecule has 1 heterocycles. The maximum atomic E-state index is 13.3. The smallest absolute Gasteiger partial charge is 0.227 e. The third-order valence-electron chi connectivity index (χ3n) is 3.97. The lowest BCUT2D eigenvalue weighted by atomic mass is 9.97. The minimum atomic E-state index is -0.447. The molecule has 1 aromatic heterocycles. The van der Waals surface area contributed by atoms with Gasteiger partial charge in [0.05, 0.1) is 17.7 Å². The normalized spacial score (nSPS) is 13.7. The number of anilines is 1. The molecule has 2 rings (SSSR count). The van der Waals surface area contributed by atoms with Gasteiger partial charge in [-0.2, -0.15) is 9.97 Å². The maximum absolute atomic E-state index is 13.3. The number of halogens is 3. The van der Waals surface area contributed by atoms with E-state index in [4.69, 9.17) is 23.2 Å². The highest BCUT2D eigenvalue weighted by molar-refractivity contribution is 6.30. The molecule has 26 heavy (non-hydrogen) atoms. The molecule has 2 N–H and O–H groups in total. The van der Waals surface area contributed by atoms with E-state index >= 15 is 0 Å². The number of rotatable bonds is 8. The van der Waals surface area contributed by atoms with Crippen molar-refractivity contribution in [1.29, 1.82) is 0 Å². The Morgan fingerprint density at radius 1 is 1.15 bits per heavy atom. The minimum absolute atomic E-state index is 0.0173. The summed E-state index contributed by atoms with van der Waals surface area (Å²) in [5.41, 5.74) is 0.885. The van der Waals surface area contributed by atoms with Crippen LogP contribution in [-0.4, -0.2) is 32.7 Å².